The normalized spacial score (nSPS) is 16.9. The van der Waals surface area contributed by atoms with E-state index in [9.17, 15) is 4.79 Å². The van der Waals surface area contributed by atoms with E-state index < -0.39 is 0 Å². The van der Waals surface area contributed by atoms with Crippen molar-refractivity contribution in [3.05, 3.63) is 0 Å². The van der Waals surface area contributed by atoms with Crippen molar-refractivity contribution in [1.82, 2.24) is 15.5 Å². The molecule has 2 N–H and O–H groups in total. The molecule has 1 fully saturated rings. The molecule has 0 aromatic carbocycles. The van der Waals surface area contributed by atoms with Crippen molar-refractivity contribution in [2.75, 3.05) is 53.6 Å². The summed E-state index contributed by atoms with van der Waals surface area (Å²) in [7, 11) is 3.20. The third kappa shape index (κ3) is 10.2. The molecule has 0 aliphatic carbocycles. The lowest BCUT2D eigenvalue weighted by Gasteiger charge is -2.37. The van der Waals surface area contributed by atoms with Gasteiger partial charge in [0.15, 0.2) is 5.96 Å². The van der Waals surface area contributed by atoms with Gasteiger partial charge in [-0.25, -0.2) is 0 Å². The first-order valence-corrected chi connectivity index (χ1v) is 8.91. The van der Waals surface area contributed by atoms with E-state index in [1.165, 1.54) is 7.11 Å². The Kier molecular flexibility index (Phi) is 14.2. The monoisotopic (exact) mass is 470 g/mol. The zero-order chi connectivity index (χ0) is 17.8. The van der Waals surface area contributed by atoms with Crippen LogP contribution in [0.5, 0.6) is 0 Å². The second-order valence-electron chi connectivity index (χ2n) is 6.37. The maximum atomic E-state index is 11.1. The molecule has 148 valence electrons. The third-order valence-electron chi connectivity index (χ3n) is 4.31. The van der Waals surface area contributed by atoms with E-state index in [1.54, 1.807) is 7.05 Å². The summed E-state index contributed by atoms with van der Waals surface area (Å²) in [6.07, 6.45) is 2.20. The summed E-state index contributed by atoms with van der Waals surface area (Å²) >= 11 is 0. The zero-order valence-corrected chi connectivity index (χ0v) is 18.4. The van der Waals surface area contributed by atoms with Crippen molar-refractivity contribution in [2.24, 2.45) is 10.9 Å². The Morgan fingerprint density at radius 3 is 2.48 bits per heavy atom. The summed E-state index contributed by atoms with van der Waals surface area (Å²) < 4.78 is 10.1. The minimum Gasteiger partial charge on any atom is -0.469 e. The van der Waals surface area contributed by atoms with Gasteiger partial charge in [-0.05, 0) is 18.8 Å². The van der Waals surface area contributed by atoms with Gasteiger partial charge in [0.05, 0.1) is 20.3 Å². The number of unbranched alkanes of at least 4 members (excludes halogenated alkanes) is 1. The Bertz CT molecular complexity index is 388. The van der Waals surface area contributed by atoms with Crippen LogP contribution in [0.15, 0.2) is 4.99 Å². The molecule has 1 unspecified atom stereocenters. The Morgan fingerprint density at radius 2 is 1.92 bits per heavy atom. The lowest BCUT2D eigenvalue weighted by molar-refractivity contribution is -0.140. The molecule has 0 spiro atoms. The summed E-state index contributed by atoms with van der Waals surface area (Å²) in [4.78, 5) is 17.8. The minimum atomic E-state index is -0.150. The highest BCUT2D eigenvalue weighted by Gasteiger charge is 2.23. The summed E-state index contributed by atoms with van der Waals surface area (Å²) in [6, 6.07) is 0.465. The summed E-state index contributed by atoms with van der Waals surface area (Å²) in [6.45, 7) is 9.77. The molecule has 1 aliphatic heterocycles. The van der Waals surface area contributed by atoms with Crippen LogP contribution in [0.2, 0.25) is 0 Å². The first-order valence-electron chi connectivity index (χ1n) is 8.91. The largest absolute Gasteiger partial charge is 0.469 e. The van der Waals surface area contributed by atoms with Gasteiger partial charge in [0, 0.05) is 45.7 Å². The van der Waals surface area contributed by atoms with Gasteiger partial charge in [-0.15, -0.1) is 24.0 Å². The molecular formula is C17H35IN4O3. The molecule has 1 aliphatic rings. The van der Waals surface area contributed by atoms with E-state index in [0.29, 0.717) is 18.4 Å². The number of nitrogens with zero attached hydrogens (tertiary/aromatic N) is 2. The maximum absolute atomic E-state index is 11.1. The van der Waals surface area contributed by atoms with Crippen LogP contribution < -0.4 is 10.6 Å². The Hall–Kier alpha value is -0.610. The fourth-order valence-corrected chi connectivity index (χ4v) is 2.82. The molecule has 0 amide bonds. The van der Waals surface area contributed by atoms with Crippen molar-refractivity contribution in [3.63, 3.8) is 0 Å². The van der Waals surface area contributed by atoms with Gasteiger partial charge >= 0.3 is 5.97 Å². The smallest absolute Gasteiger partial charge is 0.305 e. The predicted molar refractivity (Wildman–Crippen MR) is 112 cm³/mol. The molecule has 0 aromatic heterocycles. The molecule has 25 heavy (non-hydrogen) atoms. The number of aliphatic imine (C=N–C) groups is 1. The van der Waals surface area contributed by atoms with Crippen LogP contribution in [0.4, 0.5) is 0 Å². The average molecular weight is 470 g/mol. The van der Waals surface area contributed by atoms with E-state index in [4.69, 9.17) is 4.74 Å². The lowest BCUT2D eigenvalue weighted by Crippen LogP contribution is -2.52. The zero-order valence-electron chi connectivity index (χ0n) is 16.0. The SMILES string of the molecule is CN=C(NCCCCC(=O)OC)NCC(C(C)C)N1CCOCC1.I. The van der Waals surface area contributed by atoms with Gasteiger partial charge < -0.3 is 20.1 Å². The number of hydrogen-bond acceptors (Lipinski definition) is 5. The standard InChI is InChI=1S/C17H34N4O3.HI/c1-14(2)15(21-9-11-24-12-10-21)13-20-17(18-3)19-8-6-5-7-16(22)23-4;/h14-15H,5-13H2,1-4H3,(H2,18,19,20);1H. The van der Waals surface area contributed by atoms with Crippen LogP contribution in [0.1, 0.15) is 33.1 Å². The fraction of sp³-hybridized carbons (Fsp3) is 0.882. The highest BCUT2D eigenvalue weighted by molar-refractivity contribution is 14.0. The van der Waals surface area contributed by atoms with Crippen LogP contribution >= 0.6 is 24.0 Å². The number of methoxy groups -OCH3 is 1. The van der Waals surface area contributed by atoms with E-state index in [-0.39, 0.29) is 29.9 Å². The van der Waals surface area contributed by atoms with Gasteiger partial charge in [0.2, 0.25) is 0 Å². The molecule has 1 saturated heterocycles. The van der Waals surface area contributed by atoms with Crippen molar-refractivity contribution < 1.29 is 14.3 Å². The molecule has 0 saturated carbocycles. The minimum absolute atomic E-state index is 0. The van der Waals surface area contributed by atoms with Gasteiger partial charge in [-0.1, -0.05) is 13.8 Å². The highest BCUT2D eigenvalue weighted by atomic mass is 127. The van der Waals surface area contributed by atoms with Gasteiger partial charge in [-0.3, -0.25) is 14.7 Å². The topological polar surface area (TPSA) is 75.2 Å². The second-order valence-corrected chi connectivity index (χ2v) is 6.37. The molecule has 0 aromatic rings. The summed E-state index contributed by atoms with van der Waals surface area (Å²) in [5, 5.41) is 6.73. The van der Waals surface area contributed by atoms with Gasteiger partial charge in [-0.2, -0.15) is 0 Å². The van der Waals surface area contributed by atoms with E-state index in [1.807, 2.05) is 0 Å². The number of rotatable bonds is 9. The van der Waals surface area contributed by atoms with Crippen molar-refractivity contribution in [1.29, 1.82) is 0 Å². The Balaban J connectivity index is 0.00000576. The number of halogens is 1. The van der Waals surface area contributed by atoms with Gasteiger partial charge in [0.1, 0.15) is 0 Å². The van der Waals surface area contributed by atoms with Crippen LogP contribution in [-0.2, 0) is 14.3 Å². The first-order chi connectivity index (χ1) is 11.6. The molecule has 7 nitrogen and oxygen atoms in total. The fourth-order valence-electron chi connectivity index (χ4n) is 2.82. The Labute approximate surface area is 169 Å². The number of nitrogens with one attached hydrogen (secondary N) is 2. The lowest BCUT2D eigenvalue weighted by atomic mass is 10.0. The number of morpholine rings is 1. The van der Waals surface area contributed by atoms with Crippen LogP contribution in [-0.4, -0.2) is 76.4 Å². The van der Waals surface area contributed by atoms with Gasteiger partial charge in [0.25, 0.3) is 0 Å². The number of hydrogen-bond donors (Lipinski definition) is 2. The third-order valence-corrected chi connectivity index (χ3v) is 4.31. The van der Waals surface area contributed by atoms with E-state index >= 15 is 0 Å². The molecule has 1 heterocycles. The summed E-state index contributed by atoms with van der Waals surface area (Å²) in [5.41, 5.74) is 0. The highest BCUT2D eigenvalue weighted by Crippen LogP contribution is 2.12. The number of carbonyl (C=O) groups excluding carboxylic acids is 1. The molecule has 1 atom stereocenters. The quantitative estimate of drug-likeness (QED) is 0.175. The maximum Gasteiger partial charge on any atom is 0.305 e. The molecule has 0 radical (unpaired) electrons. The number of guanidine groups is 1. The average Bonchev–Trinajstić information content (AvgIpc) is 2.60. The first kappa shape index (κ1) is 24.4. The number of ether oxygens (including phenoxy) is 2. The number of esters is 1. The van der Waals surface area contributed by atoms with Crippen LogP contribution in [0.3, 0.4) is 0 Å². The van der Waals surface area contributed by atoms with Crippen molar-refractivity contribution in [2.45, 2.75) is 39.2 Å². The molecular weight excluding hydrogens is 435 g/mol. The molecule has 8 heteroatoms. The second kappa shape index (κ2) is 14.5. The van der Waals surface area contributed by atoms with Crippen molar-refractivity contribution in [3.8, 4) is 0 Å². The Morgan fingerprint density at radius 1 is 1.24 bits per heavy atom. The molecule has 0 bridgehead atoms. The summed E-state index contributed by atoms with van der Waals surface area (Å²) in [5.74, 6) is 1.23. The van der Waals surface area contributed by atoms with Crippen molar-refractivity contribution >= 4 is 35.9 Å². The predicted octanol–water partition coefficient (Wildman–Crippen LogP) is 1.47. The number of carbonyl (C=O) groups is 1. The van der Waals surface area contributed by atoms with E-state index in [2.05, 4.69) is 39.1 Å². The van der Waals surface area contributed by atoms with Crippen LogP contribution in [0.25, 0.3) is 0 Å². The van der Waals surface area contributed by atoms with E-state index in [0.717, 1.165) is 58.2 Å². The van der Waals surface area contributed by atoms with Crippen LogP contribution in [0, 0.1) is 5.92 Å². The molecule has 1 rings (SSSR count).